The summed E-state index contributed by atoms with van der Waals surface area (Å²) in [6, 6.07) is 13.3. The summed E-state index contributed by atoms with van der Waals surface area (Å²) < 4.78 is 0. The first-order valence-corrected chi connectivity index (χ1v) is 5.02. The van der Waals surface area contributed by atoms with Crippen LogP contribution in [0.15, 0.2) is 42.5 Å². The third-order valence-corrected chi connectivity index (χ3v) is 2.36. The monoisotopic (exact) mass is 213 g/mol. The number of hydrogen-bond donors (Lipinski definition) is 1. The number of amides is 1. The average molecular weight is 213 g/mol. The van der Waals surface area contributed by atoms with Crippen LogP contribution in [0.3, 0.4) is 0 Å². The van der Waals surface area contributed by atoms with Crippen molar-refractivity contribution in [3.05, 3.63) is 48.0 Å². The van der Waals surface area contributed by atoms with Crippen molar-refractivity contribution in [2.75, 3.05) is 6.54 Å². The van der Waals surface area contributed by atoms with Gasteiger partial charge in [-0.3, -0.25) is 4.79 Å². The van der Waals surface area contributed by atoms with E-state index in [0.29, 0.717) is 11.8 Å². The molecule has 80 valence electrons. The molecule has 0 unspecified atom stereocenters. The van der Waals surface area contributed by atoms with Gasteiger partial charge < -0.3 is 10.1 Å². The topological polar surface area (TPSA) is 46.2 Å². The van der Waals surface area contributed by atoms with E-state index in [1.54, 1.807) is 6.07 Å². The standard InChI is InChI=1S/C13H11NO2/c15-8-7-14-13(16)12-6-5-10-3-1-2-4-11(10)9-12/h1-6,8-9H,7H2,(H,14,16). The summed E-state index contributed by atoms with van der Waals surface area (Å²) in [7, 11) is 0. The molecule has 0 saturated carbocycles. The van der Waals surface area contributed by atoms with E-state index in [9.17, 15) is 9.59 Å². The Morgan fingerprint density at radius 2 is 1.88 bits per heavy atom. The van der Waals surface area contributed by atoms with Gasteiger partial charge in [-0.1, -0.05) is 30.3 Å². The van der Waals surface area contributed by atoms with Crippen molar-refractivity contribution in [2.24, 2.45) is 0 Å². The lowest BCUT2D eigenvalue weighted by atomic mass is 10.1. The summed E-state index contributed by atoms with van der Waals surface area (Å²) in [6.45, 7) is 0.0473. The smallest absolute Gasteiger partial charge is 0.251 e. The molecule has 0 aliphatic rings. The zero-order valence-electron chi connectivity index (χ0n) is 8.64. The lowest BCUT2D eigenvalue weighted by Gasteiger charge is -2.03. The first kappa shape index (κ1) is 10.4. The summed E-state index contributed by atoms with van der Waals surface area (Å²) in [4.78, 5) is 21.7. The van der Waals surface area contributed by atoms with E-state index in [4.69, 9.17) is 0 Å². The number of benzene rings is 2. The molecule has 2 aromatic rings. The van der Waals surface area contributed by atoms with Crippen molar-refractivity contribution >= 4 is 23.0 Å². The van der Waals surface area contributed by atoms with E-state index in [0.717, 1.165) is 10.8 Å². The largest absolute Gasteiger partial charge is 0.345 e. The van der Waals surface area contributed by atoms with E-state index in [1.807, 2.05) is 36.4 Å². The van der Waals surface area contributed by atoms with Crippen molar-refractivity contribution in [2.45, 2.75) is 0 Å². The van der Waals surface area contributed by atoms with Gasteiger partial charge in [0.15, 0.2) is 0 Å². The Bertz CT molecular complexity index is 534. The van der Waals surface area contributed by atoms with E-state index >= 15 is 0 Å². The molecule has 0 aliphatic heterocycles. The molecular formula is C13H11NO2. The predicted molar refractivity (Wildman–Crippen MR) is 62.3 cm³/mol. The second-order valence-electron chi connectivity index (χ2n) is 3.44. The van der Waals surface area contributed by atoms with Crippen LogP contribution in [0.25, 0.3) is 10.8 Å². The fraction of sp³-hybridized carbons (Fsp3) is 0.0769. The first-order chi connectivity index (χ1) is 7.81. The van der Waals surface area contributed by atoms with E-state index in [1.165, 1.54) is 0 Å². The Morgan fingerprint density at radius 1 is 1.12 bits per heavy atom. The van der Waals surface area contributed by atoms with Crippen molar-refractivity contribution in [3.8, 4) is 0 Å². The maximum absolute atomic E-state index is 11.6. The summed E-state index contributed by atoms with van der Waals surface area (Å²) >= 11 is 0. The number of nitrogens with one attached hydrogen (secondary N) is 1. The number of fused-ring (bicyclic) bond motifs is 1. The Hall–Kier alpha value is -2.16. The maximum Gasteiger partial charge on any atom is 0.251 e. The lowest BCUT2D eigenvalue weighted by Crippen LogP contribution is -2.24. The summed E-state index contributed by atoms with van der Waals surface area (Å²) in [5.41, 5.74) is 0.570. The second-order valence-corrected chi connectivity index (χ2v) is 3.44. The molecule has 0 radical (unpaired) electrons. The zero-order valence-corrected chi connectivity index (χ0v) is 8.64. The van der Waals surface area contributed by atoms with Crippen LogP contribution in [-0.2, 0) is 4.79 Å². The number of rotatable bonds is 3. The predicted octanol–water partition coefficient (Wildman–Crippen LogP) is 1.77. The third kappa shape index (κ3) is 2.08. The highest BCUT2D eigenvalue weighted by Crippen LogP contribution is 2.15. The van der Waals surface area contributed by atoms with E-state index < -0.39 is 0 Å². The molecule has 0 heterocycles. The highest BCUT2D eigenvalue weighted by molar-refractivity contribution is 5.99. The molecule has 2 rings (SSSR count). The second kappa shape index (κ2) is 4.57. The van der Waals surface area contributed by atoms with Crippen molar-refractivity contribution in [3.63, 3.8) is 0 Å². The number of carbonyl (C=O) groups excluding carboxylic acids is 2. The Morgan fingerprint density at radius 3 is 2.62 bits per heavy atom. The van der Waals surface area contributed by atoms with Gasteiger partial charge in [0.25, 0.3) is 5.91 Å². The Labute approximate surface area is 93.1 Å². The van der Waals surface area contributed by atoms with Crippen LogP contribution < -0.4 is 5.32 Å². The van der Waals surface area contributed by atoms with Gasteiger partial charge in [-0.2, -0.15) is 0 Å². The molecule has 0 saturated heterocycles. The minimum Gasteiger partial charge on any atom is -0.345 e. The highest BCUT2D eigenvalue weighted by atomic mass is 16.2. The van der Waals surface area contributed by atoms with Crippen molar-refractivity contribution in [1.29, 1.82) is 0 Å². The molecule has 0 bridgehead atoms. The fourth-order valence-corrected chi connectivity index (χ4v) is 1.57. The van der Waals surface area contributed by atoms with Crippen LogP contribution in [0.4, 0.5) is 0 Å². The quantitative estimate of drug-likeness (QED) is 0.790. The zero-order chi connectivity index (χ0) is 11.4. The SMILES string of the molecule is O=CCNC(=O)c1ccc2ccccc2c1. The molecule has 0 aliphatic carbocycles. The summed E-state index contributed by atoms with van der Waals surface area (Å²) in [6.07, 6.45) is 0.666. The minimum atomic E-state index is -0.224. The van der Waals surface area contributed by atoms with Crippen LogP contribution >= 0.6 is 0 Å². The number of hydrogen-bond acceptors (Lipinski definition) is 2. The van der Waals surface area contributed by atoms with Gasteiger partial charge in [0, 0.05) is 5.56 Å². The van der Waals surface area contributed by atoms with Crippen molar-refractivity contribution < 1.29 is 9.59 Å². The molecule has 0 atom stereocenters. The molecule has 0 fully saturated rings. The molecule has 2 aromatic carbocycles. The summed E-state index contributed by atoms with van der Waals surface area (Å²) in [5.74, 6) is -0.224. The van der Waals surface area contributed by atoms with Gasteiger partial charge in [-0.05, 0) is 22.9 Å². The molecule has 16 heavy (non-hydrogen) atoms. The van der Waals surface area contributed by atoms with Gasteiger partial charge in [0.2, 0.25) is 0 Å². The normalized spacial score (nSPS) is 10.0. The van der Waals surface area contributed by atoms with Gasteiger partial charge in [-0.15, -0.1) is 0 Å². The van der Waals surface area contributed by atoms with E-state index in [2.05, 4.69) is 5.32 Å². The van der Waals surface area contributed by atoms with Gasteiger partial charge in [-0.25, -0.2) is 0 Å². The van der Waals surface area contributed by atoms with Gasteiger partial charge in [0.1, 0.15) is 6.29 Å². The molecule has 0 spiro atoms. The Kier molecular flexibility index (Phi) is 2.96. The molecule has 3 nitrogen and oxygen atoms in total. The van der Waals surface area contributed by atoms with Crippen LogP contribution in [0.2, 0.25) is 0 Å². The van der Waals surface area contributed by atoms with Crippen LogP contribution in [0.5, 0.6) is 0 Å². The Balaban J connectivity index is 2.32. The molecule has 0 aromatic heterocycles. The van der Waals surface area contributed by atoms with Gasteiger partial charge >= 0.3 is 0 Å². The molecule has 1 amide bonds. The molecule has 1 N–H and O–H groups in total. The molecular weight excluding hydrogens is 202 g/mol. The maximum atomic E-state index is 11.6. The average Bonchev–Trinajstić information content (AvgIpc) is 2.35. The van der Waals surface area contributed by atoms with Crippen LogP contribution in [0.1, 0.15) is 10.4 Å². The van der Waals surface area contributed by atoms with Gasteiger partial charge in [0.05, 0.1) is 6.54 Å². The first-order valence-electron chi connectivity index (χ1n) is 5.02. The van der Waals surface area contributed by atoms with Crippen LogP contribution in [-0.4, -0.2) is 18.7 Å². The highest BCUT2D eigenvalue weighted by Gasteiger charge is 2.04. The third-order valence-electron chi connectivity index (χ3n) is 2.36. The molecule has 3 heteroatoms. The number of aldehydes is 1. The lowest BCUT2D eigenvalue weighted by molar-refractivity contribution is -0.107. The van der Waals surface area contributed by atoms with E-state index in [-0.39, 0.29) is 12.5 Å². The summed E-state index contributed by atoms with van der Waals surface area (Å²) in [5, 5.41) is 4.61. The van der Waals surface area contributed by atoms with Crippen molar-refractivity contribution in [1.82, 2.24) is 5.32 Å². The van der Waals surface area contributed by atoms with Crippen LogP contribution in [0, 0.1) is 0 Å². The number of carbonyl (C=O) groups is 2. The minimum absolute atomic E-state index is 0.0473. The fourth-order valence-electron chi connectivity index (χ4n) is 1.57.